The Labute approximate surface area is 119 Å². The predicted molar refractivity (Wildman–Crippen MR) is 80.9 cm³/mol. The number of likely N-dealkylation sites (N-methyl/N-ethyl adjacent to an activating group) is 1. The van der Waals surface area contributed by atoms with E-state index in [1.165, 1.54) is 23.7 Å². The van der Waals surface area contributed by atoms with Crippen LogP contribution in [0.4, 0.5) is 5.13 Å². The number of piperazine rings is 1. The lowest BCUT2D eigenvalue weighted by Crippen LogP contribution is -2.51. The Hall–Kier alpha value is -0.650. The number of rotatable bonds is 5. The molecule has 0 bridgehead atoms. The summed E-state index contributed by atoms with van der Waals surface area (Å²) in [7, 11) is 0. The third-order valence-electron chi connectivity index (χ3n) is 4.13. The largest absolute Gasteiger partial charge is 0.345 e. The maximum Gasteiger partial charge on any atom is 0.185 e. The predicted octanol–water partition coefficient (Wildman–Crippen LogP) is 1.93. The minimum Gasteiger partial charge on any atom is -0.345 e. The van der Waals surface area contributed by atoms with E-state index in [1.807, 2.05) is 0 Å². The molecule has 0 spiro atoms. The van der Waals surface area contributed by atoms with Gasteiger partial charge in [0.05, 0.1) is 5.69 Å². The molecule has 1 aliphatic heterocycles. The maximum absolute atomic E-state index is 4.78. The molecule has 1 aliphatic carbocycles. The van der Waals surface area contributed by atoms with Crippen LogP contribution < -0.4 is 10.2 Å². The zero-order valence-electron chi connectivity index (χ0n) is 11.9. The van der Waals surface area contributed by atoms with Crippen LogP contribution in [-0.4, -0.2) is 48.1 Å². The molecule has 1 saturated carbocycles. The van der Waals surface area contributed by atoms with Gasteiger partial charge >= 0.3 is 0 Å². The van der Waals surface area contributed by atoms with Crippen molar-refractivity contribution in [3.63, 3.8) is 0 Å². The SMILES string of the molecule is CCN1CCN(c2nc(CNC3CC3)cs2)CC1C. The van der Waals surface area contributed by atoms with Crippen molar-refractivity contribution in [2.75, 3.05) is 31.1 Å². The van der Waals surface area contributed by atoms with Crippen molar-refractivity contribution in [1.82, 2.24) is 15.2 Å². The van der Waals surface area contributed by atoms with Crippen LogP contribution in [0.3, 0.4) is 0 Å². The van der Waals surface area contributed by atoms with E-state index >= 15 is 0 Å². The van der Waals surface area contributed by atoms with Gasteiger partial charge in [0, 0.05) is 43.6 Å². The van der Waals surface area contributed by atoms with Crippen LogP contribution in [0.2, 0.25) is 0 Å². The van der Waals surface area contributed by atoms with Crippen molar-refractivity contribution >= 4 is 16.5 Å². The Balaban J connectivity index is 1.56. The molecule has 1 unspecified atom stereocenters. The lowest BCUT2D eigenvalue weighted by Gasteiger charge is -2.39. The van der Waals surface area contributed by atoms with Gasteiger partial charge in [0.1, 0.15) is 0 Å². The molecular weight excluding hydrogens is 256 g/mol. The number of hydrogen-bond donors (Lipinski definition) is 1. The van der Waals surface area contributed by atoms with Crippen LogP contribution >= 0.6 is 11.3 Å². The lowest BCUT2D eigenvalue weighted by atomic mass is 10.2. The topological polar surface area (TPSA) is 31.4 Å². The van der Waals surface area contributed by atoms with E-state index in [0.717, 1.165) is 38.8 Å². The molecule has 1 aromatic heterocycles. The summed E-state index contributed by atoms with van der Waals surface area (Å²) < 4.78 is 0. The molecule has 0 amide bonds. The first-order valence-electron chi connectivity index (χ1n) is 7.43. The van der Waals surface area contributed by atoms with Gasteiger partial charge in [-0.3, -0.25) is 4.90 Å². The van der Waals surface area contributed by atoms with E-state index < -0.39 is 0 Å². The first-order chi connectivity index (χ1) is 9.26. The number of aromatic nitrogens is 1. The highest BCUT2D eigenvalue weighted by atomic mass is 32.1. The van der Waals surface area contributed by atoms with Gasteiger partial charge in [-0.25, -0.2) is 4.98 Å². The van der Waals surface area contributed by atoms with E-state index in [2.05, 4.69) is 34.3 Å². The van der Waals surface area contributed by atoms with Gasteiger partial charge in [-0.1, -0.05) is 6.92 Å². The first-order valence-corrected chi connectivity index (χ1v) is 8.31. The standard InChI is InChI=1S/C14H24N4S/c1-3-17-6-7-18(9-11(17)2)14-16-13(10-19-14)8-15-12-4-5-12/h10-12,15H,3-9H2,1-2H3. The minimum atomic E-state index is 0.635. The number of anilines is 1. The molecule has 1 atom stereocenters. The van der Waals surface area contributed by atoms with Crippen molar-refractivity contribution < 1.29 is 0 Å². The van der Waals surface area contributed by atoms with Crippen LogP contribution in [-0.2, 0) is 6.54 Å². The second-order valence-corrected chi connectivity index (χ2v) is 6.54. The van der Waals surface area contributed by atoms with Gasteiger partial charge in [-0.15, -0.1) is 11.3 Å². The number of nitrogens with one attached hydrogen (secondary N) is 1. The summed E-state index contributed by atoms with van der Waals surface area (Å²) in [6.45, 7) is 10.0. The Bertz CT molecular complexity index is 415. The normalized spacial score (nSPS) is 24.9. The average Bonchev–Trinajstić information content (AvgIpc) is 3.13. The molecule has 0 radical (unpaired) electrons. The van der Waals surface area contributed by atoms with E-state index in [1.54, 1.807) is 11.3 Å². The van der Waals surface area contributed by atoms with Gasteiger partial charge in [0.25, 0.3) is 0 Å². The summed E-state index contributed by atoms with van der Waals surface area (Å²) in [5.74, 6) is 0. The van der Waals surface area contributed by atoms with Crippen LogP contribution in [0.25, 0.3) is 0 Å². The second kappa shape index (κ2) is 5.77. The van der Waals surface area contributed by atoms with Crippen molar-refractivity contribution in [3.05, 3.63) is 11.1 Å². The van der Waals surface area contributed by atoms with E-state index in [-0.39, 0.29) is 0 Å². The average molecular weight is 280 g/mol. The molecule has 4 nitrogen and oxygen atoms in total. The van der Waals surface area contributed by atoms with Gasteiger partial charge < -0.3 is 10.2 Å². The minimum absolute atomic E-state index is 0.635. The zero-order chi connectivity index (χ0) is 13.2. The third-order valence-corrected chi connectivity index (χ3v) is 5.08. The van der Waals surface area contributed by atoms with E-state index in [9.17, 15) is 0 Å². The molecule has 0 aromatic carbocycles. The second-order valence-electron chi connectivity index (χ2n) is 5.70. The smallest absolute Gasteiger partial charge is 0.185 e. The molecule has 1 aromatic rings. The highest BCUT2D eigenvalue weighted by Gasteiger charge is 2.24. The number of hydrogen-bond acceptors (Lipinski definition) is 5. The van der Waals surface area contributed by atoms with Crippen LogP contribution in [0.1, 0.15) is 32.4 Å². The lowest BCUT2D eigenvalue weighted by molar-refractivity contribution is 0.199. The molecule has 1 saturated heterocycles. The summed E-state index contributed by atoms with van der Waals surface area (Å²) in [5, 5.41) is 6.95. The van der Waals surface area contributed by atoms with Crippen molar-refractivity contribution in [2.24, 2.45) is 0 Å². The summed E-state index contributed by atoms with van der Waals surface area (Å²) in [5.41, 5.74) is 1.21. The van der Waals surface area contributed by atoms with E-state index in [4.69, 9.17) is 4.98 Å². The van der Waals surface area contributed by atoms with Crippen molar-refractivity contribution in [1.29, 1.82) is 0 Å². The van der Waals surface area contributed by atoms with Gasteiger partial charge in [0.15, 0.2) is 5.13 Å². The fraction of sp³-hybridized carbons (Fsp3) is 0.786. The molecule has 2 aliphatic rings. The first kappa shape index (κ1) is 13.3. The Morgan fingerprint density at radius 3 is 2.95 bits per heavy atom. The highest BCUT2D eigenvalue weighted by Crippen LogP contribution is 2.24. The molecule has 2 fully saturated rings. The Morgan fingerprint density at radius 1 is 1.42 bits per heavy atom. The van der Waals surface area contributed by atoms with Crippen molar-refractivity contribution in [3.8, 4) is 0 Å². The molecule has 5 heteroatoms. The number of nitrogens with zero attached hydrogens (tertiary/aromatic N) is 3. The summed E-state index contributed by atoms with van der Waals surface area (Å²) >= 11 is 1.80. The fourth-order valence-electron chi connectivity index (χ4n) is 2.70. The van der Waals surface area contributed by atoms with Gasteiger partial charge in [-0.2, -0.15) is 0 Å². The zero-order valence-corrected chi connectivity index (χ0v) is 12.7. The number of thiazole rings is 1. The van der Waals surface area contributed by atoms with E-state index in [0.29, 0.717) is 6.04 Å². The monoisotopic (exact) mass is 280 g/mol. The maximum atomic E-state index is 4.78. The molecular formula is C14H24N4S. The van der Waals surface area contributed by atoms with Crippen LogP contribution in [0.5, 0.6) is 0 Å². The fourth-order valence-corrected chi connectivity index (χ4v) is 3.56. The van der Waals surface area contributed by atoms with Gasteiger partial charge in [0.2, 0.25) is 0 Å². The molecule has 19 heavy (non-hydrogen) atoms. The summed E-state index contributed by atoms with van der Waals surface area (Å²) in [6.07, 6.45) is 2.68. The summed E-state index contributed by atoms with van der Waals surface area (Å²) in [6, 6.07) is 1.40. The van der Waals surface area contributed by atoms with Crippen LogP contribution in [0, 0.1) is 0 Å². The third kappa shape index (κ3) is 3.27. The Kier molecular flexibility index (Phi) is 4.05. The van der Waals surface area contributed by atoms with Gasteiger partial charge in [-0.05, 0) is 26.3 Å². The molecule has 1 N–H and O–H groups in total. The Morgan fingerprint density at radius 2 is 2.26 bits per heavy atom. The highest BCUT2D eigenvalue weighted by molar-refractivity contribution is 7.13. The molecule has 3 rings (SSSR count). The summed E-state index contributed by atoms with van der Waals surface area (Å²) in [4.78, 5) is 9.77. The quantitative estimate of drug-likeness (QED) is 0.893. The van der Waals surface area contributed by atoms with Crippen molar-refractivity contribution in [2.45, 2.75) is 45.3 Å². The molecule has 2 heterocycles. The molecule has 106 valence electrons. The van der Waals surface area contributed by atoms with Crippen LogP contribution in [0.15, 0.2) is 5.38 Å².